The van der Waals surface area contributed by atoms with Crippen LogP contribution in [0, 0.1) is 5.92 Å². The third-order valence-corrected chi connectivity index (χ3v) is 5.04. The molecule has 2 atom stereocenters. The summed E-state index contributed by atoms with van der Waals surface area (Å²) < 4.78 is 5.53. The van der Waals surface area contributed by atoms with Gasteiger partial charge in [-0.2, -0.15) is 0 Å². The van der Waals surface area contributed by atoms with Crippen LogP contribution in [0.2, 0.25) is 0 Å². The Morgan fingerprint density at radius 3 is 2.50 bits per heavy atom. The minimum atomic E-state index is -0.410. The zero-order valence-corrected chi connectivity index (χ0v) is 14.9. The summed E-state index contributed by atoms with van der Waals surface area (Å²) in [7, 11) is 0. The maximum atomic E-state index is 12.3. The lowest BCUT2D eigenvalue weighted by Gasteiger charge is -2.32. The van der Waals surface area contributed by atoms with Crippen LogP contribution in [-0.2, 0) is 4.74 Å². The van der Waals surface area contributed by atoms with Gasteiger partial charge >= 0.3 is 6.09 Å². The summed E-state index contributed by atoms with van der Waals surface area (Å²) in [5, 5.41) is 3.69. The topological polar surface area (TPSA) is 41.6 Å². The van der Waals surface area contributed by atoms with Crippen LogP contribution in [0.5, 0.6) is 0 Å². The summed E-state index contributed by atoms with van der Waals surface area (Å²) in [6.07, 6.45) is 8.89. The lowest BCUT2D eigenvalue weighted by Crippen LogP contribution is -2.47. The van der Waals surface area contributed by atoms with Crippen LogP contribution in [0.4, 0.5) is 4.79 Å². The van der Waals surface area contributed by atoms with E-state index in [1.807, 2.05) is 25.7 Å². The van der Waals surface area contributed by atoms with Gasteiger partial charge in [0.25, 0.3) is 0 Å². The monoisotopic (exact) mass is 310 g/mol. The molecule has 4 heteroatoms. The highest BCUT2D eigenvalue weighted by Gasteiger charge is 2.32. The van der Waals surface area contributed by atoms with Crippen LogP contribution in [-0.4, -0.2) is 41.8 Å². The molecule has 0 aromatic rings. The van der Waals surface area contributed by atoms with Gasteiger partial charge in [0, 0.05) is 25.2 Å². The Balaban J connectivity index is 1.79. The van der Waals surface area contributed by atoms with Crippen molar-refractivity contribution in [3.05, 3.63) is 0 Å². The molecule has 1 saturated heterocycles. The number of amides is 1. The fraction of sp³-hybridized carbons (Fsp3) is 0.944. The van der Waals surface area contributed by atoms with E-state index < -0.39 is 5.60 Å². The maximum absolute atomic E-state index is 12.3. The summed E-state index contributed by atoms with van der Waals surface area (Å²) in [6, 6.07) is 0.849. The first-order valence-corrected chi connectivity index (χ1v) is 9.10. The van der Waals surface area contributed by atoms with Crippen molar-refractivity contribution >= 4 is 6.09 Å². The number of ether oxygens (including phenoxy) is 1. The molecule has 0 spiro atoms. The molecular weight excluding hydrogens is 276 g/mol. The highest BCUT2D eigenvalue weighted by Crippen LogP contribution is 2.27. The number of nitrogens with one attached hydrogen (secondary N) is 1. The molecule has 1 amide bonds. The third-order valence-electron chi connectivity index (χ3n) is 5.04. The average Bonchev–Trinajstić information content (AvgIpc) is 2.92. The molecule has 0 aromatic carbocycles. The van der Waals surface area contributed by atoms with Crippen LogP contribution in [0.1, 0.15) is 72.6 Å². The summed E-state index contributed by atoms with van der Waals surface area (Å²) in [5.74, 6) is 0.810. The van der Waals surface area contributed by atoms with Crippen molar-refractivity contribution in [1.82, 2.24) is 10.2 Å². The maximum Gasteiger partial charge on any atom is 0.410 e. The molecule has 22 heavy (non-hydrogen) atoms. The number of hydrogen-bond donors (Lipinski definition) is 1. The van der Waals surface area contributed by atoms with Crippen molar-refractivity contribution in [1.29, 1.82) is 0 Å². The molecule has 2 fully saturated rings. The first-order valence-electron chi connectivity index (χ1n) is 9.10. The molecule has 4 nitrogen and oxygen atoms in total. The summed E-state index contributed by atoms with van der Waals surface area (Å²) in [5.41, 5.74) is -0.410. The predicted molar refractivity (Wildman–Crippen MR) is 90.0 cm³/mol. The normalized spacial score (nSPS) is 25.3. The fourth-order valence-corrected chi connectivity index (χ4v) is 3.73. The third kappa shape index (κ3) is 5.15. The Hall–Kier alpha value is -0.770. The van der Waals surface area contributed by atoms with Crippen molar-refractivity contribution in [2.24, 2.45) is 5.92 Å². The number of hydrogen-bond acceptors (Lipinski definition) is 3. The van der Waals surface area contributed by atoms with Crippen molar-refractivity contribution in [2.75, 3.05) is 13.1 Å². The first-order chi connectivity index (χ1) is 10.4. The van der Waals surface area contributed by atoms with E-state index in [1.54, 1.807) is 0 Å². The minimum absolute atomic E-state index is 0.151. The summed E-state index contributed by atoms with van der Waals surface area (Å²) >= 11 is 0. The van der Waals surface area contributed by atoms with E-state index in [0.29, 0.717) is 12.1 Å². The van der Waals surface area contributed by atoms with Crippen LogP contribution in [0.15, 0.2) is 0 Å². The predicted octanol–water partition coefficient (Wildman–Crippen LogP) is 3.94. The van der Waals surface area contributed by atoms with E-state index >= 15 is 0 Å². The van der Waals surface area contributed by atoms with Crippen molar-refractivity contribution in [3.8, 4) is 0 Å². The molecule has 2 rings (SSSR count). The van der Waals surface area contributed by atoms with E-state index in [1.165, 1.54) is 32.1 Å². The Bertz CT molecular complexity index is 359. The van der Waals surface area contributed by atoms with E-state index in [9.17, 15) is 4.79 Å². The van der Waals surface area contributed by atoms with Crippen molar-refractivity contribution in [3.63, 3.8) is 0 Å². The van der Waals surface area contributed by atoms with Gasteiger partial charge < -0.3 is 15.0 Å². The molecule has 2 aliphatic rings. The zero-order valence-electron chi connectivity index (χ0n) is 14.9. The minimum Gasteiger partial charge on any atom is -0.444 e. The number of rotatable bonds is 4. The van der Waals surface area contributed by atoms with Gasteiger partial charge in [-0.25, -0.2) is 4.79 Å². The van der Waals surface area contributed by atoms with Crippen LogP contribution in [0.3, 0.4) is 0 Å². The van der Waals surface area contributed by atoms with Gasteiger partial charge in [-0.05, 0) is 59.3 Å². The number of likely N-dealkylation sites (tertiary alicyclic amines) is 1. The van der Waals surface area contributed by atoms with Gasteiger partial charge in [0.2, 0.25) is 0 Å². The van der Waals surface area contributed by atoms with Crippen LogP contribution in [0.25, 0.3) is 0 Å². The summed E-state index contributed by atoms with van der Waals surface area (Å²) in [6.45, 7) is 9.83. The molecule has 2 unspecified atom stereocenters. The number of carbonyl (C=O) groups excluding carboxylic acids is 1. The van der Waals surface area contributed by atoms with E-state index in [2.05, 4.69) is 12.2 Å². The second kappa shape index (κ2) is 7.67. The summed E-state index contributed by atoms with van der Waals surface area (Å²) in [4.78, 5) is 14.2. The molecular formula is C18H34N2O2. The Kier molecular flexibility index (Phi) is 6.13. The highest BCUT2D eigenvalue weighted by molar-refractivity contribution is 5.69. The smallest absolute Gasteiger partial charge is 0.410 e. The Morgan fingerprint density at radius 1 is 1.18 bits per heavy atom. The molecule has 1 N–H and O–H groups in total. The van der Waals surface area contributed by atoms with Crippen molar-refractivity contribution in [2.45, 2.75) is 90.3 Å². The van der Waals surface area contributed by atoms with Gasteiger partial charge in [0.1, 0.15) is 5.60 Å². The molecule has 1 aliphatic heterocycles. The number of carbonyl (C=O) groups is 1. The largest absolute Gasteiger partial charge is 0.444 e. The Morgan fingerprint density at radius 2 is 1.86 bits per heavy atom. The lowest BCUT2D eigenvalue weighted by atomic mass is 9.84. The van der Waals surface area contributed by atoms with Gasteiger partial charge in [-0.3, -0.25) is 0 Å². The molecule has 1 aliphatic carbocycles. The Labute approximate surface area is 136 Å². The standard InChI is InChI=1S/C18H34N2O2/c1-14(15-9-6-5-7-10-15)19-13-16-11-8-12-20(16)17(21)22-18(2,3)4/h14-16,19H,5-13H2,1-4H3. The van der Waals surface area contributed by atoms with E-state index in [0.717, 1.165) is 31.8 Å². The van der Waals surface area contributed by atoms with E-state index in [-0.39, 0.29) is 6.09 Å². The molecule has 0 radical (unpaired) electrons. The first kappa shape index (κ1) is 17.6. The second-order valence-electron chi connectivity index (χ2n) is 8.06. The molecule has 128 valence electrons. The molecule has 1 heterocycles. The zero-order chi connectivity index (χ0) is 16.2. The van der Waals surface area contributed by atoms with E-state index in [4.69, 9.17) is 4.74 Å². The molecule has 0 bridgehead atoms. The number of nitrogens with zero attached hydrogens (tertiary/aromatic N) is 1. The van der Waals surface area contributed by atoms with Gasteiger partial charge in [-0.15, -0.1) is 0 Å². The highest BCUT2D eigenvalue weighted by atomic mass is 16.6. The molecule has 0 aromatic heterocycles. The average molecular weight is 310 g/mol. The fourth-order valence-electron chi connectivity index (χ4n) is 3.73. The van der Waals surface area contributed by atoms with Gasteiger partial charge in [-0.1, -0.05) is 19.3 Å². The molecule has 1 saturated carbocycles. The van der Waals surface area contributed by atoms with Crippen molar-refractivity contribution < 1.29 is 9.53 Å². The quantitative estimate of drug-likeness (QED) is 0.855. The second-order valence-corrected chi connectivity index (χ2v) is 8.06. The van der Waals surface area contributed by atoms with Gasteiger partial charge in [0.05, 0.1) is 0 Å². The van der Waals surface area contributed by atoms with Crippen LogP contribution >= 0.6 is 0 Å². The lowest BCUT2D eigenvalue weighted by molar-refractivity contribution is 0.0223. The van der Waals surface area contributed by atoms with Gasteiger partial charge in [0.15, 0.2) is 0 Å². The van der Waals surface area contributed by atoms with Crippen LogP contribution < -0.4 is 5.32 Å². The SMILES string of the molecule is CC(NCC1CCCN1C(=O)OC(C)(C)C)C1CCCCC1.